The second kappa shape index (κ2) is 4.31. The number of hydrogen-bond acceptors (Lipinski definition) is 3. The molecule has 2 aromatic carbocycles. The van der Waals surface area contributed by atoms with Gasteiger partial charge in [0, 0.05) is 11.6 Å². The number of nitrogen functional groups attached to an aromatic ring is 1. The average Bonchev–Trinajstić information content (AvgIpc) is 2.90. The third kappa shape index (κ3) is 1.84. The number of nitrogens with two attached hydrogens (primary N) is 1. The van der Waals surface area contributed by atoms with Gasteiger partial charge in [-0.2, -0.15) is 0 Å². The summed E-state index contributed by atoms with van der Waals surface area (Å²) in [5.74, 6) is 0.756. The normalized spacial score (nSPS) is 11.3. The Morgan fingerprint density at radius 3 is 2.81 bits per heavy atom. The first-order valence-corrected chi connectivity index (χ1v) is 6.82. The highest BCUT2D eigenvalue weighted by molar-refractivity contribution is 5.97. The zero-order valence-corrected chi connectivity index (χ0v) is 11.6. The summed E-state index contributed by atoms with van der Waals surface area (Å²) in [7, 11) is 0. The molecule has 0 bridgehead atoms. The zero-order chi connectivity index (χ0) is 14.4. The van der Waals surface area contributed by atoms with Crippen molar-refractivity contribution in [2.45, 2.75) is 6.92 Å². The van der Waals surface area contributed by atoms with Crippen molar-refractivity contribution in [2.75, 3.05) is 5.73 Å². The predicted octanol–water partition coefficient (Wildman–Crippen LogP) is 3.67. The molecule has 0 saturated carbocycles. The fourth-order valence-electron chi connectivity index (χ4n) is 2.60. The largest absolute Gasteiger partial charge is 0.398 e. The molecule has 4 heteroatoms. The van der Waals surface area contributed by atoms with Crippen molar-refractivity contribution in [1.29, 1.82) is 0 Å². The van der Waals surface area contributed by atoms with Gasteiger partial charge in [0.25, 0.3) is 0 Å². The first kappa shape index (κ1) is 11.9. The minimum absolute atomic E-state index is 0.705. The van der Waals surface area contributed by atoms with E-state index in [-0.39, 0.29) is 0 Å². The van der Waals surface area contributed by atoms with Crippen molar-refractivity contribution in [3.05, 3.63) is 54.2 Å². The Hall–Kier alpha value is -2.88. The van der Waals surface area contributed by atoms with E-state index in [9.17, 15) is 0 Å². The molecule has 0 atom stereocenters. The van der Waals surface area contributed by atoms with Gasteiger partial charge in [0.1, 0.15) is 5.82 Å². The summed E-state index contributed by atoms with van der Waals surface area (Å²) in [4.78, 5) is 12.4. The van der Waals surface area contributed by atoms with Gasteiger partial charge in [0.15, 0.2) is 0 Å². The second-order valence-electron chi connectivity index (χ2n) is 5.21. The summed E-state index contributed by atoms with van der Waals surface area (Å²) >= 11 is 0. The van der Waals surface area contributed by atoms with Crippen molar-refractivity contribution in [1.82, 2.24) is 15.0 Å². The van der Waals surface area contributed by atoms with Crippen LogP contribution in [0.5, 0.6) is 0 Å². The molecule has 0 aliphatic rings. The van der Waals surface area contributed by atoms with Crippen LogP contribution in [0.3, 0.4) is 0 Å². The number of aromatic nitrogens is 3. The van der Waals surface area contributed by atoms with Gasteiger partial charge in [-0.25, -0.2) is 4.98 Å². The van der Waals surface area contributed by atoms with Crippen LogP contribution >= 0.6 is 0 Å². The molecule has 0 saturated heterocycles. The maximum Gasteiger partial charge on any atom is 0.142 e. The number of imidazole rings is 1. The maximum atomic E-state index is 6.30. The van der Waals surface area contributed by atoms with Crippen LogP contribution in [0, 0.1) is 6.92 Å². The lowest BCUT2D eigenvalue weighted by atomic mass is 10.1. The lowest BCUT2D eigenvalue weighted by molar-refractivity contribution is 1.31. The van der Waals surface area contributed by atoms with Crippen molar-refractivity contribution in [2.24, 2.45) is 0 Å². The van der Waals surface area contributed by atoms with Crippen LogP contribution in [0.2, 0.25) is 0 Å². The maximum absolute atomic E-state index is 6.30. The number of nitrogens with one attached hydrogen (secondary N) is 1. The number of anilines is 1. The van der Waals surface area contributed by atoms with Crippen LogP contribution in [0.4, 0.5) is 5.69 Å². The number of rotatable bonds is 1. The summed E-state index contributed by atoms with van der Waals surface area (Å²) in [6.07, 6.45) is 1.78. The molecule has 2 heterocycles. The number of nitrogens with zero attached hydrogens (tertiary/aromatic N) is 2. The number of para-hydroxylation sites is 1. The quantitative estimate of drug-likeness (QED) is 0.556. The smallest absolute Gasteiger partial charge is 0.142 e. The number of fused-ring (bicyclic) bond motifs is 2. The standard InChI is InChI=1S/C17H14N4/c1-10-6-7-14-15(8-10)21-17(20-14)12-9-19-13-5-3-2-4-11(13)16(12)18/h2-9H,1H3,(H2,18,19)(H,20,21). The van der Waals surface area contributed by atoms with E-state index in [0.717, 1.165) is 33.3 Å². The van der Waals surface area contributed by atoms with Crippen molar-refractivity contribution >= 4 is 27.6 Å². The van der Waals surface area contributed by atoms with Crippen LogP contribution < -0.4 is 5.73 Å². The molecule has 0 unspecified atom stereocenters. The van der Waals surface area contributed by atoms with Crippen LogP contribution in [-0.2, 0) is 0 Å². The predicted molar refractivity (Wildman–Crippen MR) is 86.0 cm³/mol. The molecule has 4 rings (SSSR count). The minimum Gasteiger partial charge on any atom is -0.398 e. The molecule has 0 spiro atoms. The van der Waals surface area contributed by atoms with Gasteiger partial charge in [-0.05, 0) is 30.7 Å². The summed E-state index contributed by atoms with van der Waals surface area (Å²) in [6, 6.07) is 14.0. The van der Waals surface area contributed by atoms with E-state index >= 15 is 0 Å². The molecule has 21 heavy (non-hydrogen) atoms. The van der Waals surface area contributed by atoms with E-state index in [1.165, 1.54) is 5.56 Å². The number of H-pyrrole nitrogens is 1. The number of aromatic amines is 1. The van der Waals surface area contributed by atoms with Crippen molar-refractivity contribution in [3.63, 3.8) is 0 Å². The molecule has 0 fully saturated rings. The number of aryl methyl sites for hydroxylation is 1. The summed E-state index contributed by atoms with van der Waals surface area (Å²) in [5, 5.41) is 0.951. The molecule has 0 radical (unpaired) electrons. The van der Waals surface area contributed by atoms with Gasteiger partial charge in [0.2, 0.25) is 0 Å². The Balaban J connectivity index is 1.97. The molecule has 3 N–H and O–H groups in total. The minimum atomic E-state index is 0.705. The van der Waals surface area contributed by atoms with Gasteiger partial charge >= 0.3 is 0 Å². The average molecular weight is 274 g/mol. The van der Waals surface area contributed by atoms with Gasteiger partial charge < -0.3 is 10.7 Å². The molecule has 0 aliphatic heterocycles. The first-order valence-electron chi connectivity index (χ1n) is 6.82. The van der Waals surface area contributed by atoms with E-state index in [4.69, 9.17) is 5.73 Å². The molecular weight excluding hydrogens is 260 g/mol. The van der Waals surface area contributed by atoms with Crippen LogP contribution in [0.25, 0.3) is 33.3 Å². The van der Waals surface area contributed by atoms with E-state index in [1.54, 1.807) is 6.20 Å². The Bertz CT molecular complexity index is 969. The van der Waals surface area contributed by atoms with Gasteiger partial charge in [-0.15, -0.1) is 0 Å². The fourth-order valence-corrected chi connectivity index (χ4v) is 2.60. The highest BCUT2D eigenvalue weighted by Crippen LogP contribution is 2.30. The van der Waals surface area contributed by atoms with Gasteiger partial charge in [-0.3, -0.25) is 4.98 Å². The first-order chi connectivity index (χ1) is 10.2. The van der Waals surface area contributed by atoms with Gasteiger partial charge in [0.05, 0.1) is 27.8 Å². The molecule has 4 nitrogen and oxygen atoms in total. The van der Waals surface area contributed by atoms with E-state index in [0.29, 0.717) is 5.69 Å². The summed E-state index contributed by atoms with van der Waals surface area (Å²) in [6.45, 7) is 2.06. The fraction of sp³-hybridized carbons (Fsp3) is 0.0588. The number of pyridine rings is 1. The lowest BCUT2D eigenvalue weighted by Gasteiger charge is -2.05. The number of benzene rings is 2. The summed E-state index contributed by atoms with van der Waals surface area (Å²) in [5.41, 5.74) is 11.9. The molecule has 0 aliphatic carbocycles. The SMILES string of the molecule is Cc1ccc2nc(-c3cnc4ccccc4c3N)[nH]c2c1. The summed E-state index contributed by atoms with van der Waals surface area (Å²) < 4.78 is 0. The molecule has 2 aromatic heterocycles. The Kier molecular flexibility index (Phi) is 2.44. The topological polar surface area (TPSA) is 67.6 Å². The van der Waals surface area contributed by atoms with Crippen molar-refractivity contribution in [3.8, 4) is 11.4 Å². The third-order valence-corrected chi connectivity index (χ3v) is 3.71. The highest BCUT2D eigenvalue weighted by Gasteiger charge is 2.11. The zero-order valence-electron chi connectivity index (χ0n) is 11.6. The molecule has 102 valence electrons. The van der Waals surface area contributed by atoms with E-state index < -0.39 is 0 Å². The monoisotopic (exact) mass is 274 g/mol. The Morgan fingerprint density at radius 1 is 1.05 bits per heavy atom. The van der Waals surface area contributed by atoms with Crippen LogP contribution in [-0.4, -0.2) is 15.0 Å². The lowest BCUT2D eigenvalue weighted by Crippen LogP contribution is -1.94. The highest BCUT2D eigenvalue weighted by atomic mass is 14.9. The Morgan fingerprint density at radius 2 is 1.90 bits per heavy atom. The third-order valence-electron chi connectivity index (χ3n) is 3.71. The molecular formula is C17H14N4. The van der Waals surface area contributed by atoms with E-state index in [1.807, 2.05) is 30.3 Å². The van der Waals surface area contributed by atoms with Crippen LogP contribution in [0.1, 0.15) is 5.56 Å². The second-order valence-corrected chi connectivity index (χ2v) is 5.21. The van der Waals surface area contributed by atoms with Crippen LogP contribution in [0.15, 0.2) is 48.7 Å². The molecule has 4 aromatic rings. The molecule has 0 amide bonds. The Labute approximate surface area is 121 Å². The van der Waals surface area contributed by atoms with Crippen molar-refractivity contribution < 1.29 is 0 Å². The number of hydrogen-bond donors (Lipinski definition) is 2. The van der Waals surface area contributed by atoms with E-state index in [2.05, 4.69) is 34.0 Å². The van der Waals surface area contributed by atoms with Gasteiger partial charge in [-0.1, -0.05) is 24.3 Å².